The quantitative estimate of drug-likeness (QED) is 0.103. The zero-order valence-electron chi connectivity index (χ0n) is 51.6. The highest BCUT2D eigenvalue weighted by atomic mass is 79.9. The van der Waals surface area contributed by atoms with Crippen molar-refractivity contribution in [3.63, 3.8) is 0 Å². The Kier molecular flexibility index (Phi) is 23.7. The van der Waals surface area contributed by atoms with Crippen molar-refractivity contribution in [3.05, 3.63) is 214 Å². The largest absolute Gasteiger partial charge is 0.369 e. The van der Waals surface area contributed by atoms with Gasteiger partial charge in [-0.25, -0.2) is 9.83 Å². The summed E-state index contributed by atoms with van der Waals surface area (Å²) in [5.74, 6) is 4.32. The third-order valence-electron chi connectivity index (χ3n) is 18.2. The number of nitrogens with zero attached hydrogens (tertiary/aromatic N) is 5. The number of carbonyl (C=O) groups excluding carboxylic acids is 2. The van der Waals surface area contributed by atoms with Crippen LogP contribution < -0.4 is 5.73 Å². The Balaban J connectivity index is 0.000000134. The van der Waals surface area contributed by atoms with Crippen LogP contribution in [0.4, 0.5) is 5.69 Å². The Morgan fingerprint density at radius 1 is 0.529 bits per heavy atom. The standard InChI is InChI=1S/C15H20N2O.C13H15N3.C12H15NO.C12H13N.2C11H13Br/c1-11-5-4-6-12-7-8-13(9-14(11)12)15(18)16-10-17(2)3;1-9-3-2-4-10-5-6-11(7-12(9)10)13-14-8-15-16-13;1-8-3-2-4-9-5-6-10(12(13)14)7-11(8)9;1-9-4-3-5-10-6-7-11(13-2)8-12(9)10;2*1-8-3-2-4-9-5-6-10(12)7-11(8)9/h7-11H,4-6H2,1-3H3;5-9H,2-4H2,1H3,(H,14,15,16);5-8H,2-4H2,1H3,(H2,13,14);6-9H,3-5H2,1H3;2*5-8H,2-4H2,1H3. The van der Waals surface area contributed by atoms with Crippen LogP contribution >= 0.6 is 31.9 Å². The third kappa shape index (κ3) is 17.8. The molecule has 6 aromatic carbocycles. The molecule has 0 radical (unpaired) electrons. The maximum Gasteiger partial charge on any atom is 0.278 e. The number of amides is 2. The number of rotatable bonds is 4. The number of nitrogens with two attached hydrogens (primary N) is 1. The second-order valence-corrected chi connectivity index (χ2v) is 26.7. The summed E-state index contributed by atoms with van der Waals surface area (Å²) >= 11 is 7.04. The van der Waals surface area contributed by atoms with E-state index in [0.717, 1.165) is 41.8 Å². The lowest BCUT2D eigenvalue weighted by atomic mass is 9.83. The molecule has 6 unspecified atom stereocenters. The number of H-pyrrole nitrogens is 1. The van der Waals surface area contributed by atoms with E-state index in [2.05, 4.69) is 171 Å². The summed E-state index contributed by atoms with van der Waals surface area (Å²) < 4.78 is 2.44. The molecule has 0 saturated carbocycles. The number of fused-ring (bicyclic) bond motifs is 6. The van der Waals surface area contributed by atoms with Gasteiger partial charge in [-0.2, -0.15) is 10.1 Å². The SMILES string of the molecule is CC1CCCc2ccc(-c3ncn[nH]3)cc21.CC1CCCc2ccc(Br)cc21.CC1CCCc2ccc(Br)cc21.CC1CCCc2ccc(C(=O)N=CN(C)C)cc21.CC1CCCc2ccc(C(N)=O)cc21.[C-]#[N+]c1ccc2c(c1)C(C)CCC2. The summed E-state index contributed by atoms with van der Waals surface area (Å²) in [4.78, 5) is 36.3. The van der Waals surface area contributed by atoms with E-state index in [1.165, 1.54) is 156 Å². The van der Waals surface area contributed by atoms with E-state index < -0.39 is 0 Å². The Morgan fingerprint density at radius 2 is 0.894 bits per heavy atom. The second kappa shape index (κ2) is 31.2. The summed E-state index contributed by atoms with van der Waals surface area (Å²) in [5.41, 5.74) is 26.0. The molecular formula is C74H89Br2N7O2. The van der Waals surface area contributed by atoms with Crippen LogP contribution in [-0.4, -0.2) is 52.3 Å². The minimum Gasteiger partial charge on any atom is -0.369 e. The summed E-state index contributed by atoms with van der Waals surface area (Å²) in [6, 6.07) is 38.0. The van der Waals surface area contributed by atoms with Crippen molar-refractivity contribution in [2.24, 2.45) is 10.7 Å². The lowest BCUT2D eigenvalue weighted by molar-refractivity contribution is 0.0992. The molecule has 13 rings (SSSR count). The number of nitrogens with one attached hydrogen (secondary N) is 1. The molecule has 1 aromatic heterocycles. The monoisotopic (exact) mass is 1270 g/mol. The first-order valence-electron chi connectivity index (χ1n) is 31.3. The van der Waals surface area contributed by atoms with E-state index >= 15 is 0 Å². The Morgan fingerprint density at radius 3 is 1.29 bits per heavy atom. The third-order valence-corrected chi connectivity index (χ3v) is 19.2. The molecule has 7 aromatic rings. The Bertz CT molecular complexity index is 3390. The number of benzene rings is 6. The minimum atomic E-state index is -0.328. The smallest absolute Gasteiger partial charge is 0.278 e. The highest BCUT2D eigenvalue weighted by molar-refractivity contribution is 9.10. The van der Waals surface area contributed by atoms with Gasteiger partial charge in [0.15, 0.2) is 11.5 Å². The molecule has 0 bridgehead atoms. The van der Waals surface area contributed by atoms with E-state index in [4.69, 9.17) is 12.3 Å². The second-order valence-electron chi connectivity index (χ2n) is 24.9. The van der Waals surface area contributed by atoms with E-state index in [-0.39, 0.29) is 11.8 Å². The van der Waals surface area contributed by atoms with Gasteiger partial charge in [0, 0.05) is 39.7 Å². The van der Waals surface area contributed by atoms with Crippen LogP contribution in [0.2, 0.25) is 0 Å². The highest BCUT2D eigenvalue weighted by Crippen LogP contribution is 2.38. The molecule has 1 heterocycles. The van der Waals surface area contributed by atoms with Gasteiger partial charge in [0.25, 0.3) is 5.91 Å². The van der Waals surface area contributed by atoms with Gasteiger partial charge < -0.3 is 10.6 Å². The normalized spacial score (nSPS) is 20.3. The Labute approximate surface area is 524 Å². The average Bonchev–Trinajstić information content (AvgIpc) is 4.25. The molecular weight excluding hydrogens is 1180 g/mol. The van der Waals surface area contributed by atoms with Crippen LogP contribution in [0, 0.1) is 6.57 Å². The number of aliphatic imine (C=N–C) groups is 1. The van der Waals surface area contributed by atoms with Gasteiger partial charge in [-0.3, -0.25) is 14.7 Å². The zero-order chi connectivity index (χ0) is 60.6. The summed E-state index contributed by atoms with van der Waals surface area (Å²) in [6.07, 6.45) is 25.9. The number of hydrogen-bond acceptors (Lipinski definition) is 4. The minimum absolute atomic E-state index is 0.163. The van der Waals surface area contributed by atoms with Gasteiger partial charge in [0.05, 0.1) is 12.9 Å². The molecule has 0 aliphatic heterocycles. The first-order chi connectivity index (χ1) is 41.0. The number of halogens is 2. The van der Waals surface area contributed by atoms with Gasteiger partial charge >= 0.3 is 0 Å². The van der Waals surface area contributed by atoms with E-state index in [1.807, 2.05) is 50.5 Å². The lowest BCUT2D eigenvalue weighted by Gasteiger charge is -2.22. The number of carbonyl (C=O) groups is 2. The summed E-state index contributed by atoms with van der Waals surface area (Å²) in [5, 5.41) is 6.81. The summed E-state index contributed by atoms with van der Waals surface area (Å²) in [7, 11) is 3.71. The molecule has 446 valence electrons. The number of hydrogen-bond donors (Lipinski definition) is 2. The molecule has 6 aliphatic rings. The number of aryl methyl sites for hydroxylation is 6. The number of aromatic nitrogens is 3. The molecule has 0 saturated heterocycles. The molecule has 11 heteroatoms. The van der Waals surface area contributed by atoms with Crippen LogP contribution in [0.15, 0.2) is 129 Å². The van der Waals surface area contributed by atoms with Crippen molar-refractivity contribution >= 4 is 55.7 Å². The molecule has 2 amide bonds. The van der Waals surface area contributed by atoms with Gasteiger partial charge in [0.2, 0.25) is 5.91 Å². The van der Waals surface area contributed by atoms with Crippen LogP contribution in [0.3, 0.4) is 0 Å². The van der Waals surface area contributed by atoms with Crippen molar-refractivity contribution in [3.8, 4) is 11.4 Å². The van der Waals surface area contributed by atoms with E-state index in [0.29, 0.717) is 34.8 Å². The van der Waals surface area contributed by atoms with E-state index in [1.54, 1.807) is 39.8 Å². The maximum absolute atomic E-state index is 11.9. The predicted molar refractivity (Wildman–Crippen MR) is 359 cm³/mol. The first kappa shape index (κ1) is 64.5. The van der Waals surface area contributed by atoms with Crippen LogP contribution in [0.1, 0.15) is 242 Å². The van der Waals surface area contributed by atoms with Gasteiger partial charge in [-0.1, -0.05) is 134 Å². The lowest BCUT2D eigenvalue weighted by Crippen LogP contribution is -2.14. The molecule has 0 fully saturated rings. The van der Waals surface area contributed by atoms with Crippen LogP contribution in [0.5, 0.6) is 0 Å². The maximum atomic E-state index is 11.9. The molecule has 6 aliphatic carbocycles. The van der Waals surface area contributed by atoms with Crippen molar-refractivity contribution in [2.45, 2.75) is 193 Å². The van der Waals surface area contributed by atoms with Gasteiger partial charge in [0.1, 0.15) is 6.33 Å². The molecule has 0 spiro atoms. The van der Waals surface area contributed by atoms with Crippen LogP contribution in [0.25, 0.3) is 16.2 Å². The number of primary amides is 1. The zero-order valence-corrected chi connectivity index (χ0v) is 54.8. The van der Waals surface area contributed by atoms with Crippen molar-refractivity contribution in [1.29, 1.82) is 0 Å². The summed E-state index contributed by atoms with van der Waals surface area (Å²) in [6.45, 7) is 20.6. The van der Waals surface area contributed by atoms with Gasteiger partial charge in [-0.05, 0) is 267 Å². The van der Waals surface area contributed by atoms with Crippen LogP contribution in [-0.2, 0) is 38.5 Å². The van der Waals surface area contributed by atoms with Crippen molar-refractivity contribution < 1.29 is 9.59 Å². The van der Waals surface area contributed by atoms with Gasteiger partial charge in [-0.15, -0.1) is 0 Å². The van der Waals surface area contributed by atoms with Crippen molar-refractivity contribution in [2.75, 3.05) is 14.1 Å². The fourth-order valence-electron chi connectivity index (χ4n) is 13.2. The fourth-order valence-corrected chi connectivity index (χ4v) is 14.0. The predicted octanol–water partition coefficient (Wildman–Crippen LogP) is 19.4. The number of aromatic amines is 1. The molecule has 85 heavy (non-hydrogen) atoms. The average molecular weight is 1270 g/mol. The van der Waals surface area contributed by atoms with Crippen molar-refractivity contribution in [1.82, 2.24) is 20.1 Å². The highest BCUT2D eigenvalue weighted by Gasteiger charge is 2.22. The Hall–Kier alpha value is -6.48. The fraction of sp³-hybridized carbons (Fsp3) is 0.432. The topological polar surface area (TPSA) is 122 Å². The van der Waals surface area contributed by atoms with E-state index in [9.17, 15) is 9.59 Å². The first-order valence-corrected chi connectivity index (χ1v) is 32.9. The molecule has 9 nitrogen and oxygen atoms in total. The molecule has 3 N–H and O–H groups in total. The molecule has 6 atom stereocenters.